The molecule has 1 heterocycles. The number of allylic oxidation sites excluding steroid dienone is 1. The monoisotopic (exact) mass is 505 g/mol. The van der Waals surface area contributed by atoms with Crippen LogP contribution in [0, 0.1) is 0 Å². The summed E-state index contributed by atoms with van der Waals surface area (Å²) in [6, 6.07) is 27.8. The molecule has 0 unspecified atom stereocenters. The predicted octanol–water partition coefficient (Wildman–Crippen LogP) is 6.05. The second kappa shape index (κ2) is 11.3. The Hall–Kier alpha value is -4.42. The Labute approximate surface area is 222 Å². The van der Waals surface area contributed by atoms with Gasteiger partial charge in [-0.25, -0.2) is 4.79 Å². The van der Waals surface area contributed by atoms with Gasteiger partial charge in [-0.15, -0.1) is 0 Å². The van der Waals surface area contributed by atoms with Crippen LogP contribution in [0.3, 0.4) is 0 Å². The van der Waals surface area contributed by atoms with Crippen molar-refractivity contribution < 1.29 is 14.7 Å². The molecule has 0 spiro atoms. The lowest BCUT2D eigenvalue weighted by atomic mass is 9.96. The summed E-state index contributed by atoms with van der Waals surface area (Å²) in [6.45, 7) is 5.79. The number of fused-ring (bicyclic) bond motifs is 1. The smallest absolute Gasteiger partial charge is 0.328 e. The lowest BCUT2D eigenvalue weighted by molar-refractivity contribution is -0.131. The Balaban J connectivity index is 1.49. The van der Waals surface area contributed by atoms with Crippen LogP contribution in [0.25, 0.3) is 27.5 Å². The van der Waals surface area contributed by atoms with Crippen LogP contribution in [-0.4, -0.2) is 43.2 Å². The molecule has 38 heavy (non-hydrogen) atoms. The van der Waals surface area contributed by atoms with E-state index in [1.54, 1.807) is 0 Å². The van der Waals surface area contributed by atoms with Crippen molar-refractivity contribution in [1.29, 1.82) is 0 Å². The van der Waals surface area contributed by atoms with Crippen molar-refractivity contribution in [2.45, 2.75) is 13.3 Å². The number of carbonyl (C=O) groups is 2. The van der Waals surface area contributed by atoms with Crippen LogP contribution in [0.2, 0.25) is 0 Å². The van der Waals surface area contributed by atoms with Gasteiger partial charge in [0.15, 0.2) is 0 Å². The Bertz CT molecular complexity index is 1520. The molecule has 6 nitrogen and oxygen atoms in total. The van der Waals surface area contributed by atoms with Crippen molar-refractivity contribution in [3.8, 4) is 11.1 Å². The van der Waals surface area contributed by atoms with E-state index in [0.717, 1.165) is 53.6 Å². The minimum atomic E-state index is -0.986. The van der Waals surface area contributed by atoms with Crippen LogP contribution in [0.4, 0.5) is 11.4 Å². The molecule has 5 rings (SSSR count). The molecule has 1 amide bonds. The van der Waals surface area contributed by atoms with Gasteiger partial charge in [0.25, 0.3) is 5.91 Å². The molecule has 0 radical (unpaired) electrons. The molecule has 0 bridgehead atoms. The molecule has 0 atom stereocenters. The van der Waals surface area contributed by atoms with Gasteiger partial charge in [0.05, 0.1) is 0 Å². The first-order chi connectivity index (χ1) is 18.5. The number of carboxylic acids is 1. The van der Waals surface area contributed by atoms with Gasteiger partial charge in [0.1, 0.15) is 0 Å². The van der Waals surface area contributed by atoms with Crippen molar-refractivity contribution in [1.82, 2.24) is 5.32 Å². The summed E-state index contributed by atoms with van der Waals surface area (Å²) in [5.74, 6) is -1.20. The van der Waals surface area contributed by atoms with Crippen molar-refractivity contribution in [3.63, 3.8) is 0 Å². The van der Waals surface area contributed by atoms with E-state index >= 15 is 0 Å². The second-order valence-corrected chi connectivity index (χ2v) is 9.43. The van der Waals surface area contributed by atoms with Crippen molar-refractivity contribution >= 4 is 39.6 Å². The second-order valence-electron chi connectivity index (χ2n) is 9.43. The number of hydrogen-bond donors (Lipinski definition) is 3. The van der Waals surface area contributed by atoms with E-state index in [2.05, 4.69) is 45.9 Å². The van der Waals surface area contributed by atoms with Gasteiger partial charge in [0, 0.05) is 49.2 Å². The lowest BCUT2D eigenvalue weighted by Crippen LogP contribution is -2.43. The van der Waals surface area contributed by atoms with E-state index in [-0.39, 0.29) is 5.91 Å². The number of benzene rings is 4. The standard InChI is InChI=1S/C32H31N3O3/c1-2-22(21-31(36)37)23-8-5-10-27(18-23)34-32(38)30-20-26(17-25-7-3-4-12-29(25)30)24-9-6-11-28(19-24)35-15-13-33-14-16-35/h3-12,17-21,33H,2,13-16H2,1H3,(H,34,38)(H,36,37)/b22-21+. The third-order valence-electron chi connectivity index (χ3n) is 6.94. The van der Waals surface area contributed by atoms with E-state index in [0.29, 0.717) is 23.2 Å². The number of nitrogens with zero attached hydrogens (tertiary/aromatic N) is 1. The summed E-state index contributed by atoms with van der Waals surface area (Å²) in [6.07, 6.45) is 1.79. The molecule has 0 aliphatic carbocycles. The van der Waals surface area contributed by atoms with E-state index < -0.39 is 5.97 Å². The molecule has 0 saturated carbocycles. The SMILES string of the molecule is CC/C(=C\C(=O)O)c1cccc(NC(=O)c2cc(-c3cccc(N4CCNCC4)c3)cc3ccccc23)c1. The molecule has 4 aromatic carbocycles. The zero-order valence-corrected chi connectivity index (χ0v) is 21.4. The fourth-order valence-corrected chi connectivity index (χ4v) is 5.00. The molecule has 192 valence electrons. The van der Waals surface area contributed by atoms with Gasteiger partial charge in [-0.2, -0.15) is 0 Å². The minimum absolute atomic E-state index is 0.210. The Kier molecular flexibility index (Phi) is 7.52. The molecule has 0 aromatic heterocycles. The van der Waals surface area contributed by atoms with Gasteiger partial charge >= 0.3 is 5.97 Å². The van der Waals surface area contributed by atoms with Gasteiger partial charge in [0.2, 0.25) is 0 Å². The largest absolute Gasteiger partial charge is 0.478 e. The average molecular weight is 506 g/mol. The van der Waals surface area contributed by atoms with Gasteiger partial charge in [-0.05, 0) is 75.9 Å². The number of nitrogens with one attached hydrogen (secondary N) is 2. The highest BCUT2D eigenvalue weighted by atomic mass is 16.4. The Morgan fingerprint density at radius 3 is 2.50 bits per heavy atom. The summed E-state index contributed by atoms with van der Waals surface area (Å²) in [4.78, 5) is 27.2. The van der Waals surface area contributed by atoms with Crippen LogP contribution < -0.4 is 15.5 Å². The molecular formula is C32H31N3O3. The highest BCUT2D eigenvalue weighted by Gasteiger charge is 2.16. The number of carbonyl (C=O) groups excluding carboxylic acids is 1. The summed E-state index contributed by atoms with van der Waals surface area (Å²) in [5.41, 5.74) is 5.91. The number of aliphatic carboxylic acids is 1. The van der Waals surface area contributed by atoms with Crippen LogP contribution >= 0.6 is 0 Å². The topological polar surface area (TPSA) is 81.7 Å². The molecular weight excluding hydrogens is 474 g/mol. The van der Waals surface area contributed by atoms with Crippen LogP contribution in [0.1, 0.15) is 29.3 Å². The van der Waals surface area contributed by atoms with E-state index in [1.807, 2.05) is 61.5 Å². The molecule has 4 aromatic rings. The van der Waals surface area contributed by atoms with Gasteiger partial charge < -0.3 is 20.6 Å². The number of piperazine rings is 1. The third kappa shape index (κ3) is 5.61. The molecule has 3 N–H and O–H groups in total. The lowest BCUT2D eigenvalue weighted by Gasteiger charge is -2.29. The first kappa shape index (κ1) is 25.2. The Morgan fingerprint density at radius 1 is 0.921 bits per heavy atom. The highest BCUT2D eigenvalue weighted by molar-refractivity contribution is 6.14. The van der Waals surface area contributed by atoms with E-state index in [4.69, 9.17) is 0 Å². The minimum Gasteiger partial charge on any atom is -0.478 e. The fourth-order valence-electron chi connectivity index (χ4n) is 5.00. The van der Waals surface area contributed by atoms with Crippen LogP contribution in [0.5, 0.6) is 0 Å². The maximum Gasteiger partial charge on any atom is 0.328 e. The summed E-state index contributed by atoms with van der Waals surface area (Å²) < 4.78 is 0. The van der Waals surface area contributed by atoms with Crippen molar-refractivity contribution in [2.75, 3.05) is 36.4 Å². The Morgan fingerprint density at radius 2 is 1.71 bits per heavy atom. The van der Waals surface area contributed by atoms with Crippen LogP contribution in [0.15, 0.2) is 91.0 Å². The number of carboxylic acid groups (broad SMARTS) is 1. The van der Waals surface area contributed by atoms with Crippen molar-refractivity contribution in [2.24, 2.45) is 0 Å². The van der Waals surface area contributed by atoms with E-state index in [9.17, 15) is 14.7 Å². The maximum atomic E-state index is 13.6. The van der Waals surface area contributed by atoms with E-state index in [1.165, 1.54) is 11.8 Å². The number of anilines is 2. The fraction of sp³-hybridized carbons (Fsp3) is 0.188. The number of rotatable bonds is 7. The molecule has 6 heteroatoms. The average Bonchev–Trinajstić information content (AvgIpc) is 2.96. The molecule has 1 saturated heterocycles. The maximum absolute atomic E-state index is 13.6. The van der Waals surface area contributed by atoms with Crippen molar-refractivity contribution in [3.05, 3.63) is 102 Å². The van der Waals surface area contributed by atoms with Gasteiger partial charge in [-0.3, -0.25) is 4.79 Å². The molecule has 1 fully saturated rings. The molecule has 1 aliphatic rings. The molecule has 1 aliphatic heterocycles. The van der Waals surface area contributed by atoms with Crippen LogP contribution in [-0.2, 0) is 4.79 Å². The predicted molar refractivity (Wildman–Crippen MR) is 155 cm³/mol. The first-order valence-electron chi connectivity index (χ1n) is 13.0. The number of hydrogen-bond acceptors (Lipinski definition) is 4. The zero-order chi connectivity index (χ0) is 26.5. The summed E-state index contributed by atoms with van der Waals surface area (Å²) in [5, 5.41) is 17.5. The first-order valence-corrected chi connectivity index (χ1v) is 13.0. The zero-order valence-electron chi connectivity index (χ0n) is 21.4. The number of amides is 1. The summed E-state index contributed by atoms with van der Waals surface area (Å²) in [7, 11) is 0. The highest BCUT2D eigenvalue weighted by Crippen LogP contribution is 2.31. The quantitative estimate of drug-likeness (QED) is 0.267. The van der Waals surface area contributed by atoms with Gasteiger partial charge in [-0.1, -0.05) is 55.5 Å². The third-order valence-corrected chi connectivity index (χ3v) is 6.94. The summed E-state index contributed by atoms with van der Waals surface area (Å²) >= 11 is 0. The normalized spacial score (nSPS) is 13.9.